The molecule has 0 spiro atoms. The van der Waals surface area contributed by atoms with Crippen LogP contribution in [0.5, 0.6) is 5.75 Å². The first-order valence-corrected chi connectivity index (χ1v) is 8.03. The molecule has 1 aromatic carbocycles. The topological polar surface area (TPSA) is 54.9 Å². The number of unbranched alkanes of at least 4 members (excludes halogenated alkanes) is 1. The maximum Gasteiger partial charge on any atom is 0.191 e. The summed E-state index contributed by atoms with van der Waals surface area (Å²) >= 11 is 0. The van der Waals surface area contributed by atoms with Gasteiger partial charge in [-0.05, 0) is 44.4 Å². The summed E-state index contributed by atoms with van der Waals surface area (Å²) in [6.07, 6.45) is 2.14. The minimum Gasteiger partial charge on any atom is -0.497 e. The molecule has 0 heterocycles. The van der Waals surface area contributed by atoms with Crippen LogP contribution in [0.25, 0.3) is 0 Å². The van der Waals surface area contributed by atoms with Gasteiger partial charge in [-0.15, -0.1) is 24.0 Å². The van der Waals surface area contributed by atoms with Crippen molar-refractivity contribution in [3.63, 3.8) is 0 Å². The van der Waals surface area contributed by atoms with E-state index in [2.05, 4.69) is 28.6 Å². The van der Waals surface area contributed by atoms with E-state index in [-0.39, 0.29) is 24.0 Å². The Morgan fingerprint density at radius 3 is 2.70 bits per heavy atom. The Bertz CT molecular complexity index is 442. The minimum atomic E-state index is 0. The van der Waals surface area contributed by atoms with Gasteiger partial charge in [0, 0.05) is 26.3 Å². The highest BCUT2D eigenvalue weighted by Gasteiger charge is 1.99. The van der Waals surface area contributed by atoms with Crippen LogP contribution in [0.4, 0.5) is 0 Å². The lowest BCUT2D eigenvalue weighted by Gasteiger charge is -2.11. The quantitative estimate of drug-likeness (QED) is 0.257. The van der Waals surface area contributed by atoms with E-state index in [4.69, 9.17) is 9.47 Å². The average Bonchev–Trinajstić information content (AvgIpc) is 2.56. The van der Waals surface area contributed by atoms with Crippen LogP contribution in [0.2, 0.25) is 0 Å². The molecule has 0 bridgehead atoms. The molecule has 0 amide bonds. The van der Waals surface area contributed by atoms with Crippen LogP contribution in [0.3, 0.4) is 0 Å². The molecular formula is C17H30IN3O2. The fourth-order valence-electron chi connectivity index (χ4n) is 1.96. The Balaban J connectivity index is 0.00000484. The summed E-state index contributed by atoms with van der Waals surface area (Å²) in [4.78, 5) is 4.60. The number of halogens is 1. The fraction of sp³-hybridized carbons (Fsp3) is 0.588. The number of nitrogens with zero attached hydrogens (tertiary/aromatic N) is 1. The third-order valence-electron chi connectivity index (χ3n) is 3.11. The number of benzene rings is 1. The van der Waals surface area contributed by atoms with Gasteiger partial charge < -0.3 is 20.1 Å². The molecule has 1 rings (SSSR count). The first kappa shape index (κ1) is 22.0. The zero-order chi connectivity index (χ0) is 16.0. The number of methoxy groups -OCH3 is 1. The van der Waals surface area contributed by atoms with Crippen molar-refractivity contribution in [1.29, 1.82) is 0 Å². The van der Waals surface area contributed by atoms with E-state index in [9.17, 15) is 0 Å². The molecular weight excluding hydrogens is 405 g/mol. The first-order chi connectivity index (χ1) is 10.8. The van der Waals surface area contributed by atoms with E-state index in [1.165, 1.54) is 0 Å². The average molecular weight is 435 g/mol. The maximum atomic E-state index is 5.33. The predicted octanol–water partition coefficient (Wildman–Crippen LogP) is 3.19. The van der Waals surface area contributed by atoms with Crippen molar-refractivity contribution in [1.82, 2.24) is 10.6 Å². The molecule has 0 unspecified atom stereocenters. The monoisotopic (exact) mass is 435 g/mol. The van der Waals surface area contributed by atoms with E-state index in [1.54, 1.807) is 7.11 Å². The minimum absolute atomic E-state index is 0. The summed E-state index contributed by atoms with van der Waals surface area (Å²) in [7, 11) is 1.68. The third-order valence-corrected chi connectivity index (χ3v) is 3.11. The lowest BCUT2D eigenvalue weighted by atomic mass is 10.2. The highest BCUT2D eigenvalue weighted by molar-refractivity contribution is 14.0. The Kier molecular flexibility index (Phi) is 13.9. The van der Waals surface area contributed by atoms with Crippen molar-refractivity contribution < 1.29 is 9.47 Å². The maximum absolute atomic E-state index is 5.33. The molecule has 0 aliphatic heterocycles. The molecule has 0 aliphatic rings. The zero-order valence-electron chi connectivity index (χ0n) is 14.4. The van der Waals surface area contributed by atoms with Gasteiger partial charge in [0.15, 0.2) is 5.96 Å². The summed E-state index contributed by atoms with van der Waals surface area (Å²) in [5.41, 5.74) is 1.13. The molecule has 2 N–H and O–H groups in total. The number of guanidine groups is 1. The lowest BCUT2D eigenvalue weighted by Crippen LogP contribution is -2.37. The smallest absolute Gasteiger partial charge is 0.191 e. The molecule has 1 aromatic rings. The Morgan fingerprint density at radius 1 is 1.17 bits per heavy atom. The number of ether oxygens (including phenoxy) is 2. The van der Waals surface area contributed by atoms with E-state index >= 15 is 0 Å². The third kappa shape index (κ3) is 10.4. The van der Waals surface area contributed by atoms with Gasteiger partial charge in [0.2, 0.25) is 0 Å². The van der Waals surface area contributed by atoms with Crippen LogP contribution < -0.4 is 15.4 Å². The van der Waals surface area contributed by atoms with Gasteiger partial charge in [-0.3, -0.25) is 0 Å². The molecule has 0 atom stereocenters. The second-order valence-electron chi connectivity index (χ2n) is 4.88. The first-order valence-electron chi connectivity index (χ1n) is 8.03. The van der Waals surface area contributed by atoms with Crippen LogP contribution in [0, 0.1) is 0 Å². The van der Waals surface area contributed by atoms with Crippen LogP contribution >= 0.6 is 24.0 Å². The standard InChI is InChI=1S/C17H29N3O2.HI/c1-4-18-17(19-11-6-7-12-22-5-2)20-14-15-9-8-10-16(13-15)21-3;/h8-10,13H,4-7,11-12,14H2,1-3H3,(H2,18,19,20);1H. The van der Waals surface area contributed by atoms with Crippen molar-refractivity contribution >= 4 is 29.9 Å². The summed E-state index contributed by atoms with van der Waals surface area (Å²) in [6, 6.07) is 7.99. The summed E-state index contributed by atoms with van der Waals surface area (Å²) in [6.45, 7) is 8.09. The van der Waals surface area contributed by atoms with Gasteiger partial charge in [-0.2, -0.15) is 0 Å². The van der Waals surface area contributed by atoms with Crippen LogP contribution in [0.15, 0.2) is 29.3 Å². The molecule has 5 nitrogen and oxygen atoms in total. The molecule has 0 fully saturated rings. The number of aliphatic imine (C=N–C) groups is 1. The molecule has 0 aromatic heterocycles. The van der Waals surface area contributed by atoms with E-state index < -0.39 is 0 Å². The highest BCUT2D eigenvalue weighted by Crippen LogP contribution is 2.13. The Hall–Kier alpha value is -1.02. The van der Waals surface area contributed by atoms with Gasteiger partial charge in [-0.1, -0.05) is 12.1 Å². The van der Waals surface area contributed by atoms with E-state index in [0.717, 1.165) is 56.4 Å². The van der Waals surface area contributed by atoms with Crippen molar-refractivity contribution in [2.75, 3.05) is 33.4 Å². The summed E-state index contributed by atoms with van der Waals surface area (Å²) < 4.78 is 10.6. The fourth-order valence-corrected chi connectivity index (χ4v) is 1.96. The number of nitrogens with one attached hydrogen (secondary N) is 2. The summed E-state index contributed by atoms with van der Waals surface area (Å²) in [5, 5.41) is 6.61. The van der Waals surface area contributed by atoms with Crippen molar-refractivity contribution in [2.45, 2.75) is 33.2 Å². The largest absolute Gasteiger partial charge is 0.497 e. The van der Waals surface area contributed by atoms with Gasteiger partial charge in [0.1, 0.15) is 5.75 Å². The van der Waals surface area contributed by atoms with Gasteiger partial charge in [0.05, 0.1) is 13.7 Å². The van der Waals surface area contributed by atoms with Crippen molar-refractivity contribution in [2.24, 2.45) is 4.99 Å². The predicted molar refractivity (Wildman–Crippen MR) is 107 cm³/mol. The van der Waals surface area contributed by atoms with Gasteiger partial charge in [0.25, 0.3) is 0 Å². The zero-order valence-corrected chi connectivity index (χ0v) is 16.8. The highest BCUT2D eigenvalue weighted by atomic mass is 127. The Morgan fingerprint density at radius 2 is 2.00 bits per heavy atom. The molecule has 0 saturated carbocycles. The SMILES string of the molecule is CCNC(=NCc1cccc(OC)c1)NCCCCOCC.I. The van der Waals surface area contributed by atoms with Gasteiger partial charge >= 0.3 is 0 Å². The molecule has 0 aliphatic carbocycles. The van der Waals surface area contributed by atoms with Crippen molar-refractivity contribution in [3.05, 3.63) is 29.8 Å². The van der Waals surface area contributed by atoms with Gasteiger partial charge in [-0.25, -0.2) is 4.99 Å². The molecule has 0 saturated heterocycles. The Labute approximate surface area is 157 Å². The molecule has 0 radical (unpaired) electrons. The van der Waals surface area contributed by atoms with Crippen LogP contribution in [-0.2, 0) is 11.3 Å². The number of hydrogen-bond donors (Lipinski definition) is 2. The summed E-state index contributed by atoms with van der Waals surface area (Å²) in [5.74, 6) is 1.71. The molecule has 132 valence electrons. The number of hydrogen-bond acceptors (Lipinski definition) is 3. The second kappa shape index (κ2) is 14.6. The number of rotatable bonds is 10. The normalized spacial score (nSPS) is 10.8. The molecule has 6 heteroatoms. The van der Waals surface area contributed by atoms with Crippen molar-refractivity contribution in [3.8, 4) is 5.75 Å². The van der Waals surface area contributed by atoms with E-state index in [0.29, 0.717) is 6.54 Å². The second-order valence-corrected chi connectivity index (χ2v) is 4.88. The lowest BCUT2D eigenvalue weighted by molar-refractivity contribution is 0.143. The van der Waals surface area contributed by atoms with Crippen LogP contribution in [0.1, 0.15) is 32.3 Å². The van der Waals surface area contributed by atoms with E-state index in [1.807, 2.05) is 25.1 Å². The molecule has 23 heavy (non-hydrogen) atoms. The van der Waals surface area contributed by atoms with Crippen LogP contribution in [-0.4, -0.2) is 39.4 Å².